The number of nitrogens with zero attached hydrogens (tertiary/aromatic N) is 1. The number of benzene rings is 2. The maximum absolute atomic E-state index is 12.5. The Bertz CT molecular complexity index is 726. The van der Waals surface area contributed by atoms with E-state index in [0.29, 0.717) is 19.8 Å². The summed E-state index contributed by atoms with van der Waals surface area (Å²) in [4.78, 5) is 14.1. The Kier molecular flexibility index (Phi) is 4.42. The highest BCUT2D eigenvalue weighted by Crippen LogP contribution is 2.44. The van der Waals surface area contributed by atoms with Crippen molar-refractivity contribution in [2.45, 2.75) is 12.0 Å². The van der Waals surface area contributed by atoms with E-state index in [4.69, 9.17) is 9.47 Å². The van der Waals surface area contributed by atoms with Crippen molar-refractivity contribution < 1.29 is 19.4 Å². The first-order valence-electron chi connectivity index (χ1n) is 8.60. The van der Waals surface area contributed by atoms with E-state index in [-0.39, 0.29) is 31.2 Å². The van der Waals surface area contributed by atoms with E-state index in [9.17, 15) is 9.90 Å². The fraction of sp³-hybridized carbons (Fsp3) is 0.350. The molecule has 2 aromatic carbocycles. The van der Waals surface area contributed by atoms with E-state index in [1.807, 2.05) is 24.3 Å². The third-order valence-electron chi connectivity index (χ3n) is 4.97. The van der Waals surface area contributed by atoms with Gasteiger partial charge in [-0.05, 0) is 22.3 Å². The second kappa shape index (κ2) is 6.86. The number of carbonyl (C=O) groups is 1. The van der Waals surface area contributed by atoms with E-state index < -0.39 is 0 Å². The van der Waals surface area contributed by atoms with E-state index in [1.165, 1.54) is 22.3 Å². The summed E-state index contributed by atoms with van der Waals surface area (Å²) < 4.78 is 10.8. The fourth-order valence-electron chi connectivity index (χ4n) is 3.61. The van der Waals surface area contributed by atoms with Crippen LogP contribution >= 0.6 is 0 Å². The predicted molar refractivity (Wildman–Crippen MR) is 93.5 cm³/mol. The monoisotopic (exact) mass is 339 g/mol. The molecule has 130 valence electrons. The summed E-state index contributed by atoms with van der Waals surface area (Å²) in [6.45, 7) is 1.49. The summed E-state index contributed by atoms with van der Waals surface area (Å²) in [6, 6.07) is 16.5. The third kappa shape index (κ3) is 2.90. The van der Waals surface area contributed by atoms with Gasteiger partial charge in [-0.3, -0.25) is 4.90 Å². The molecule has 0 radical (unpaired) electrons. The molecule has 0 spiro atoms. The van der Waals surface area contributed by atoms with Gasteiger partial charge < -0.3 is 14.6 Å². The normalized spacial score (nSPS) is 16.0. The van der Waals surface area contributed by atoms with Crippen LogP contribution < -0.4 is 0 Å². The maximum atomic E-state index is 12.5. The summed E-state index contributed by atoms with van der Waals surface area (Å²) in [5.41, 5.74) is 4.80. The zero-order valence-electron chi connectivity index (χ0n) is 13.9. The molecule has 1 heterocycles. The van der Waals surface area contributed by atoms with Crippen molar-refractivity contribution in [2.24, 2.45) is 0 Å². The molecule has 25 heavy (non-hydrogen) atoms. The second-order valence-corrected chi connectivity index (χ2v) is 6.41. The van der Waals surface area contributed by atoms with Gasteiger partial charge in [-0.15, -0.1) is 0 Å². The lowest BCUT2D eigenvalue weighted by Crippen LogP contribution is -2.52. The summed E-state index contributed by atoms with van der Waals surface area (Å²) in [5, 5.41) is 9.20. The molecular weight excluding hydrogens is 318 g/mol. The molecule has 2 aromatic rings. The third-order valence-corrected chi connectivity index (χ3v) is 4.97. The van der Waals surface area contributed by atoms with Crippen LogP contribution in [0.15, 0.2) is 48.5 Å². The molecule has 1 fully saturated rings. The Morgan fingerprint density at radius 2 is 1.68 bits per heavy atom. The topological polar surface area (TPSA) is 59.0 Å². The Morgan fingerprint density at radius 3 is 2.20 bits per heavy atom. The van der Waals surface area contributed by atoms with Gasteiger partial charge in [-0.1, -0.05) is 48.5 Å². The molecule has 0 atom stereocenters. The molecule has 5 heteroatoms. The smallest absolute Gasteiger partial charge is 0.410 e. The number of hydrogen-bond donors (Lipinski definition) is 1. The number of aliphatic hydroxyl groups is 1. The van der Waals surface area contributed by atoms with E-state index in [2.05, 4.69) is 24.3 Å². The first-order valence-corrected chi connectivity index (χ1v) is 8.60. The van der Waals surface area contributed by atoms with Gasteiger partial charge in [0.2, 0.25) is 0 Å². The molecule has 0 unspecified atom stereocenters. The molecule has 0 saturated carbocycles. The van der Waals surface area contributed by atoms with Crippen molar-refractivity contribution >= 4 is 6.09 Å². The van der Waals surface area contributed by atoms with Crippen LogP contribution in [0.25, 0.3) is 11.1 Å². The number of aliphatic hydroxyl groups excluding tert-OH is 1. The van der Waals surface area contributed by atoms with Crippen molar-refractivity contribution in [3.8, 4) is 11.1 Å². The number of fused-ring (bicyclic) bond motifs is 3. The number of rotatable bonds is 5. The lowest BCUT2D eigenvalue weighted by molar-refractivity contribution is -0.0632. The Balaban J connectivity index is 1.52. The molecule has 1 saturated heterocycles. The molecule has 5 nitrogen and oxygen atoms in total. The number of ether oxygens (including phenoxy) is 2. The van der Waals surface area contributed by atoms with Crippen LogP contribution in [0.5, 0.6) is 0 Å². The van der Waals surface area contributed by atoms with Crippen LogP contribution in [-0.4, -0.2) is 55.1 Å². The average molecular weight is 339 g/mol. The van der Waals surface area contributed by atoms with Crippen LogP contribution in [0.3, 0.4) is 0 Å². The van der Waals surface area contributed by atoms with E-state index >= 15 is 0 Å². The minimum absolute atomic E-state index is 0.00259. The van der Waals surface area contributed by atoms with Crippen molar-refractivity contribution in [1.82, 2.24) is 4.90 Å². The summed E-state index contributed by atoms with van der Waals surface area (Å²) in [7, 11) is 0. The van der Waals surface area contributed by atoms with Crippen molar-refractivity contribution in [2.75, 3.05) is 33.0 Å². The summed E-state index contributed by atoms with van der Waals surface area (Å²) >= 11 is 0. The first kappa shape index (κ1) is 16.1. The highest BCUT2D eigenvalue weighted by Gasteiger charge is 2.33. The van der Waals surface area contributed by atoms with E-state index in [1.54, 1.807) is 4.90 Å². The van der Waals surface area contributed by atoms with Gasteiger partial charge in [-0.2, -0.15) is 0 Å². The molecule has 1 amide bonds. The van der Waals surface area contributed by atoms with Crippen molar-refractivity contribution in [3.05, 3.63) is 59.7 Å². The largest absolute Gasteiger partial charge is 0.448 e. The number of hydrogen-bond acceptors (Lipinski definition) is 4. The molecule has 1 aliphatic heterocycles. The first-order chi connectivity index (χ1) is 12.3. The van der Waals surface area contributed by atoms with Crippen LogP contribution in [0, 0.1) is 0 Å². The zero-order chi connectivity index (χ0) is 17.2. The van der Waals surface area contributed by atoms with Crippen LogP contribution in [0.4, 0.5) is 4.79 Å². The van der Waals surface area contributed by atoms with Gasteiger partial charge in [-0.25, -0.2) is 4.79 Å². The second-order valence-electron chi connectivity index (χ2n) is 6.41. The summed E-state index contributed by atoms with van der Waals surface area (Å²) in [6.07, 6.45) is -0.385. The van der Waals surface area contributed by atoms with Gasteiger partial charge in [0.15, 0.2) is 0 Å². The average Bonchev–Trinajstić information content (AvgIpc) is 2.92. The fourth-order valence-corrected chi connectivity index (χ4v) is 3.61. The molecule has 1 N–H and O–H groups in total. The lowest BCUT2D eigenvalue weighted by Gasteiger charge is -2.36. The van der Waals surface area contributed by atoms with Crippen LogP contribution in [0.1, 0.15) is 17.0 Å². The number of amides is 1. The zero-order valence-corrected chi connectivity index (χ0v) is 13.9. The molecule has 4 rings (SSSR count). The molecule has 1 aliphatic carbocycles. The Morgan fingerprint density at radius 1 is 1.08 bits per heavy atom. The summed E-state index contributed by atoms with van der Waals surface area (Å²) in [5.74, 6) is 0.0463. The van der Waals surface area contributed by atoms with Gasteiger partial charge in [0.25, 0.3) is 0 Å². The highest BCUT2D eigenvalue weighted by molar-refractivity contribution is 5.79. The molecule has 0 aromatic heterocycles. The predicted octanol–water partition coefficient (Wildman–Crippen LogP) is 2.63. The van der Waals surface area contributed by atoms with Gasteiger partial charge in [0.05, 0.1) is 25.9 Å². The standard InChI is InChI=1S/C20H21NO4/c22-10-9-21(14-11-24-12-14)20(23)25-13-19-17-7-3-1-5-15(17)16-6-2-4-8-18(16)19/h1-8,14,19,22H,9-13H2. The lowest BCUT2D eigenvalue weighted by atomic mass is 9.98. The maximum Gasteiger partial charge on any atom is 0.410 e. The quantitative estimate of drug-likeness (QED) is 0.910. The van der Waals surface area contributed by atoms with Crippen LogP contribution in [-0.2, 0) is 9.47 Å². The van der Waals surface area contributed by atoms with Gasteiger partial charge >= 0.3 is 6.09 Å². The number of carbonyl (C=O) groups excluding carboxylic acids is 1. The SMILES string of the molecule is O=C(OCC1c2ccccc2-c2ccccc21)N(CCO)C1COC1. The van der Waals surface area contributed by atoms with Crippen molar-refractivity contribution in [3.63, 3.8) is 0 Å². The van der Waals surface area contributed by atoms with E-state index in [0.717, 1.165) is 0 Å². The Hall–Kier alpha value is -2.37. The molecule has 0 bridgehead atoms. The van der Waals surface area contributed by atoms with Crippen LogP contribution in [0.2, 0.25) is 0 Å². The van der Waals surface area contributed by atoms with Gasteiger partial charge in [0.1, 0.15) is 6.61 Å². The molecule has 2 aliphatic rings. The Labute approximate surface area is 146 Å². The van der Waals surface area contributed by atoms with Crippen molar-refractivity contribution in [1.29, 1.82) is 0 Å². The molecular formula is C20H21NO4. The van der Waals surface area contributed by atoms with Gasteiger partial charge in [0, 0.05) is 12.5 Å². The highest BCUT2D eigenvalue weighted by atomic mass is 16.6. The minimum Gasteiger partial charge on any atom is -0.448 e. The minimum atomic E-state index is -0.385.